The highest BCUT2D eigenvalue weighted by molar-refractivity contribution is 9.10. The molecule has 0 aliphatic heterocycles. The molecule has 16 heavy (non-hydrogen) atoms. The highest BCUT2D eigenvalue weighted by atomic mass is 79.9. The summed E-state index contributed by atoms with van der Waals surface area (Å²) >= 11 is 3.35. The fourth-order valence-corrected chi connectivity index (χ4v) is 2.14. The number of nitrogens with one attached hydrogen (secondary N) is 1. The predicted molar refractivity (Wildman–Crippen MR) is 69.9 cm³/mol. The molecule has 0 saturated heterocycles. The van der Waals surface area contributed by atoms with Crippen molar-refractivity contribution in [2.75, 3.05) is 6.54 Å². The summed E-state index contributed by atoms with van der Waals surface area (Å²) in [5.41, 5.74) is 1.12. The maximum Gasteiger partial charge on any atom is 0.213 e. The minimum atomic E-state index is -3.14. The van der Waals surface area contributed by atoms with Crippen molar-refractivity contribution in [1.82, 2.24) is 4.72 Å². The van der Waals surface area contributed by atoms with Gasteiger partial charge in [-0.2, -0.15) is 0 Å². The molecule has 3 nitrogen and oxygen atoms in total. The molecule has 0 fully saturated rings. The van der Waals surface area contributed by atoms with Gasteiger partial charge < -0.3 is 0 Å². The number of sulfonamides is 1. The molecule has 0 bridgehead atoms. The lowest BCUT2D eigenvalue weighted by atomic mass is 10.2. The van der Waals surface area contributed by atoms with Gasteiger partial charge in [0.15, 0.2) is 0 Å². The number of halogens is 1. The smallest absolute Gasteiger partial charge is 0.213 e. The van der Waals surface area contributed by atoms with E-state index in [4.69, 9.17) is 0 Å². The molecular formula is C11H16BrNO2S. The fourth-order valence-electron chi connectivity index (χ4n) is 1.16. The van der Waals surface area contributed by atoms with Crippen LogP contribution in [0.2, 0.25) is 0 Å². The summed E-state index contributed by atoms with van der Waals surface area (Å²) in [5.74, 6) is 0. The molecule has 0 unspecified atom stereocenters. The third-order valence-corrected chi connectivity index (χ3v) is 4.63. The average molecular weight is 306 g/mol. The molecule has 5 heteroatoms. The van der Waals surface area contributed by atoms with Gasteiger partial charge in [-0.1, -0.05) is 28.1 Å². The second kappa shape index (κ2) is 5.80. The quantitative estimate of drug-likeness (QED) is 0.907. The molecule has 1 rings (SSSR count). The van der Waals surface area contributed by atoms with Gasteiger partial charge >= 0.3 is 0 Å². The van der Waals surface area contributed by atoms with Gasteiger partial charge in [-0.25, -0.2) is 13.1 Å². The van der Waals surface area contributed by atoms with Crippen molar-refractivity contribution in [1.29, 1.82) is 0 Å². The standard InChI is InChI=1S/C11H16BrNO2S/c1-9(2)16(14,15)13-8-7-10-3-5-11(12)6-4-10/h3-6,9,13H,7-8H2,1-2H3. The Kier molecular flexibility index (Phi) is 4.95. The first-order valence-electron chi connectivity index (χ1n) is 5.15. The molecule has 0 atom stereocenters. The van der Waals surface area contributed by atoms with Crippen molar-refractivity contribution in [2.45, 2.75) is 25.5 Å². The largest absolute Gasteiger partial charge is 0.215 e. The lowest BCUT2D eigenvalue weighted by Gasteiger charge is -2.09. The Morgan fingerprint density at radius 2 is 1.81 bits per heavy atom. The van der Waals surface area contributed by atoms with Gasteiger partial charge in [0, 0.05) is 11.0 Å². The third kappa shape index (κ3) is 4.23. The van der Waals surface area contributed by atoms with Gasteiger partial charge in [-0.3, -0.25) is 0 Å². The van der Waals surface area contributed by atoms with Crippen LogP contribution in [0, 0.1) is 0 Å². The Labute approximate surface area is 105 Å². The van der Waals surface area contributed by atoms with Gasteiger partial charge in [0.2, 0.25) is 10.0 Å². The van der Waals surface area contributed by atoms with Crippen molar-refractivity contribution >= 4 is 26.0 Å². The molecule has 1 N–H and O–H groups in total. The van der Waals surface area contributed by atoms with E-state index in [1.807, 2.05) is 24.3 Å². The van der Waals surface area contributed by atoms with E-state index in [-0.39, 0.29) is 5.25 Å². The number of benzene rings is 1. The van der Waals surface area contributed by atoms with E-state index in [0.717, 1.165) is 10.0 Å². The summed E-state index contributed by atoms with van der Waals surface area (Å²) in [4.78, 5) is 0. The monoisotopic (exact) mass is 305 g/mol. The van der Waals surface area contributed by atoms with Crippen LogP contribution >= 0.6 is 15.9 Å². The van der Waals surface area contributed by atoms with E-state index in [1.165, 1.54) is 0 Å². The second-order valence-corrected chi connectivity index (χ2v) is 7.10. The molecule has 0 aromatic heterocycles. The molecular weight excluding hydrogens is 290 g/mol. The van der Waals surface area contributed by atoms with Crippen LogP contribution in [-0.2, 0) is 16.4 Å². The Bertz CT molecular complexity index is 426. The molecule has 1 aromatic carbocycles. The first-order chi connectivity index (χ1) is 7.42. The lowest BCUT2D eigenvalue weighted by molar-refractivity contribution is 0.572. The average Bonchev–Trinajstić information content (AvgIpc) is 2.20. The van der Waals surface area contributed by atoms with E-state index in [9.17, 15) is 8.42 Å². The topological polar surface area (TPSA) is 46.2 Å². The van der Waals surface area contributed by atoms with E-state index >= 15 is 0 Å². The van der Waals surface area contributed by atoms with Crippen LogP contribution in [0.4, 0.5) is 0 Å². The van der Waals surface area contributed by atoms with Gasteiger partial charge in [-0.05, 0) is 38.0 Å². The normalized spacial score (nSPS) is 12.0. The van der Waals surface area contributed by atoms with Crippen LogP contribution < -0.4 is 4.72 Å². The minimum Gasteiger partial charge on any atom is -0.215 e. The summed E-state index contributed by atoms with van der Waals surface area (Å²) in [6, 6.07) is 7.86. The van der Waals surface area contributed by atoms with Crippen LogP contribution in [0.5, 0.6) is 0 Å². The number of hydrogen-bond acceptors (Lipinski definition) is 2. The van der Waals surface area contributed by atoms with Gasteiger partial charge in [0.25, 0.3) is 0 Å². The summed E-state index contributed by atoms with van der Waals surface area (Å²) in [6.07, 6.45) is 0.708. The van der Waals surface area contributed by atoms with Gasteiger partial charge in [0.1, 0.15) is 0 Å². The van der Waals surface area contributed by atoms with Gasteiger partial charge in [-0.15, -0.1) is 0 Å². The zero-order chi connectivity index (χ0) is 12.2. The number of rotatable bonds is 5. The SMILES string of the molecule is CC(C)S(=O)(=O)NCCc1ccc(Br)cc1. The van der Waals surface area contributed by atoms with Crippen molar-refractivity contribution < 1.29 is 8.42 Å². The lowest BCUT2D eigenvalue weighted by Crippen LogP contribution is -2.32. The molecule has 0 aliphatic carbocycles. The first kappa shape index (κ1) is 13.7. The second-order valence-electron chi connectivity index (χ2n) is 3.86. The summed E-state index contributed by atoms with van der Waals surface area (Å²) < 4.78 is 26.5. The summed E-state index contributed by atoms with van der Waals surface area (Å²) in [7, 11) is -3.14. The van der Waals surface area contributed by atoms with Gasteiger partial charge in [0.05, 0.1) is 5.25 Å². The zero-order valence-electron chi connectivity index (χ0n) is 9.40. The fraction of sp³-hybridized carbons (Fsp3) is 0.455. The Morgan fingerprint density at radius 1 is 1.25 bits per heavy atom. The zero-order valence-corrected chi connectivity index (χ0v) is 11.8. The Balaban J connectivity index is 2.45. The van der Waals surface area contributed by atoms with Crippen molar-refractivity contribution in [3.63, 3.8) is 0 Å². The minimum absolute atomic E-state index is 0.377. The van der Waals surface area contributed by atoms with Crippen molar-refractivity contribution in [3.05, 3.63) is 34.3 Å². The van der Waals surface area contributed by atoms with E-state index < -0.39 is 10.0 Å². The van der Waals surface area contributed by atoms with Crippen LogP contribution in [0.1, 0.15) is 19.4 Å². The van der Waals surface area contributed by atoms with Crippen LogP contribution in [0.15, 0.2) is 28.7 Å². The molecule has 0 saturated carbocycles. The van der Waals surface area contributed by atoms with E-state index in [2.05, 4.69) is 20.7 Å². The summed E-state index contributed by atoms with van der Waals surface area (Å²) in [6.45, 7) is 3.78. The highest BCUT2D eigenvalue weighted by Gasteiger charge is 2.14. The van der Waals surface area contributed by atoms with Crippen molar-refractivity contribution in [3.8, 4) is 0 Å². The third-order valence-electron chi connectivity index (χ3n) is 2.25. The van der Waals surface area contributed by atoms with E-state index in [0.29, 0.717) is 13.0 Å². The van der Waals surface area contributed by atoms with Crippen molar-refractivity contribution in [2.24, 2.45) is 0 Å². The molecule has 0 heterocycles. The Morgan fingerprint density at radius 3 is 2.31 bits per heavy atom. The Hall–Kier alpha value is -0.390. The summed E-state index contributed by atoms with van der Waals surface area (Å²) in [5, 5.41) is -0.377. The van der Waals surface area contributed by atoms with Crippen LogP contribution in [-0.4, -0.2) is 20.2 Å². The molecule has 0 radical (unpaired) electrons. The maximum absolute atomic E-state index is 11.5. The molecule has 90 valence electrons. The van der Waals surface area contributed by atoms with Crippen LogP contribution in [0.3, 0.4) is 0 Å². The molecule has 0 aliphatic rings. The number of hydrogen-bond donors (Lipinski definition) is 1. The highest BCUT2D eigenvalue weighted by Crippen LogP contribution is 2.10. The molecule has 0 amide bonds. The predicted octanol–water partition coefficient (Wildman–Crippen LogP) is 2.32. The molecule has 0 spiro atoms. The molecule has 1 aromatic rings. The van der Waals surface area contributed by atoms with Crippen LogP contribution in [0.25, 0.3) is 0 Å². The van der Waals surface area contributed by atoms with E-state index in [1.54, 1.807) is 13.8 Å². The first-order valence-corrected chi connectivity index (χ1v) is 7.48. The maximum atomic E-state index is 11.5.